The molecule has 1 fully saturated rings. The van der Waals surface area contributed by atoms with Crippen LogP contribution in [0.2, 0.25) is 0 Å². The van der Waals surface area contributed by atoms with Crippen LogP contribution < -0.4 is 10.9 Å². The fraction of sp³-hybridized carbons (Fsp3) is 0.667. The molecule has 1 aliphatic carbocycles. The highest BCUT2D eigenvalue weighted by molar-refractivity contribution is 6.20. The lowest BCUT2D eigenvalue weighted by Crippen LogP contribution is -2.28. The molecule has 1 heterocycles. The van der Waals surface area contributed by atoms with Crippen molar-refractivity contribution in [1.82, 2.24) is 9.55 Å². The summed E-state index contributed by atoms with van der Waals surface area (Å²) < 4.78 is 1.77. The Kier molecular flexibility index (Phi) is 3.72. The fourth-order valence-corrected chi connectivity index (χ4v) is 2.21. The van der Waals surface area contributed by atoms with Crippen molar-refractivity contribution in [1.29, 1.82) is 0 Å². The number of alkyl halides is 1. The predicted octanol–water partition coefficient (Wildman–Crippen LogP) is 2.40. The van der Waals surface area contributed by atoms with Crippen molar-refractivity contribution in [3.63, 3.8) is 0 Å². The summed E-state index contributed by atoms with van der Waals surface area (Å²) in [5, 5.41) is 3.23. The van der Waals surface area contributed by atoms with Crippen LogP contribution in [0.4, 0.5) is 5.82 Å². The van der Waals surface area contributed by atoms with Gasteiger partial charge in [-0.25, -0.2) is 4.98 Å². The second kappa shape index (κ2) is 5.08. The van der Waals surface area contributed by atoms with E-state index in [-0.39, 0.29) is 17.0 Å². The molecule has 17 heavy (non-hydrogen) atoms. The van der Waals surface area contributed by atoms with Gasteiger partial charge in [0.1, 0.15) is 0 Å². The molecular weight excluding hydrogens is 238 g/mol. The first-order valence-corrected chi connectivity index (χ1v) is 6.49. The van der Waals surface area contributed by atoms with Crippen LogP contribution in [0.1, 0.15) is 39.2 Å². The summed E-state index contributed by atoms with van der Waals surface area (Å²) in [6.45, 7) is 3.95. The molecule has 1 aromatic rings. The van der Waals surface area contributed by atoms with E-state index in [2.05, 4.69) is 10.3 Å². The third kappa shape index (κ3) is 3.22. The van der Waals surface area contributed by atoms with Gasteiger partial charge < -0.3 is 9.88 Å². The summed E-state index contributed by atoms with van der Waals surface area (Å²) >= 11 is 5.93. The van der Waals surface area contributed by atoms with Gasteiger partial charge in [0.15, 0.2) is 5.82 Å². The summed E-state index contributed by atoms with van der Waals surface area (Å²) in [6, 6.07) is 0.533. The lowest BCUT2D eigenvalue weighted by atomic mass is 10.2. The quantitative estimate of drug-likeness (QED) is 0.822. The van der Waals surface area contributed by atoms with Crippen LogP contribution >= 0.6 is 11.6 Å². The Labute approximate surface area is 106 Å². The Balaban J connectivity index is 2.10. The maximum absolute atomic E-state index is 12.1. The fourth-order valence-electron chi connectivity index (χ4n) is 1.94. The minimum absolute atomic E-state index is 0.0240. The van der Waals surface area contributed by atoms with E-state index < -0.39 is 0 Å². The van der Waals surface area contributed by atoms with Gasteiger partial charge in [-0.05, 0) is 33.1 Å². The molecule has 0 radical (unpaired) electrons. The highest BCUT2D eigenvalue weighted by Gasteiger charge is 2.25. The number of nitrogens with one attached hydrogen (secondary N) is 1. The zero-order valence-corrected chi connectivity index (χ0v) is 10.9. The molecule has 0 spiro atoms. The molecule has 1 saturated carbocycles. The summed E-state index contributed by atoms with van der Waals surface area (Å²) in [5.41, 5.74) is -0.0240. The van der Waals surface area contributed by atoms with Crippen LogP contribution in [-0.2, 0) is 0 Å². The Bertz CT molecular complexity index is 440. The number of hydrogen-bond acceptors (Lipinski definition) is 3. The first kappa shape index (κ1) is 12.4. The van der Waals surface area contributed by atoms with Gasteiger partial charge in [0.2, 0.25) is 0 Å². The van der Waals surface area contributed by atoms with Gasteiger partial charge in [-0.1, -0.05) is 0 Å². The number of rotatable bonds is 5. The second-order valence-corrected chi connectivity index (χ2v) is 5.53. The molecule has 0 saturated heterocycles. The molecule has 94 valence electrons. The zero-order valence-electron chi connectivity index (χ0n) is 10.2. The molecule has 5 heteroatoms. The minimum Gasteiger partial charge on any atom is -0.363 e. The van der Waals surface area contributed by atoms with Gasteiger partial charge >= 0.3 is 0 Å². The number of hydrogen-bond donors (Lipinski definition) is 1. The maximum atomic E-state index is 12.1. The van der Waals surface area contributed by atoms with E-state index in [9.17, 15) is 4.79 Å². The zero-order chi connectivity index (χ0) is 12.4. The predicted molar refractivity (Wildman–Crippen MR) is 69.8 cm³/mol. The van der Waals surface area contributed by atoms with E-state index in [1.807, 2.05) is 13.8 Å². The van der Waals surface area contributed by atoms with Crippen LogP contribution in [0, 0.1) is 0 Å². The Morgan fingerprint density at radius 3 is 2.88 bits per heavy atom. The molecule has 0 aliphatic heterocycles. The molecule has 2 atom stereocenters. The smallest absolute Gasteiger partial charge is 0.293 e. The number of halogens is 1. The van der Waals surface area contributed by atoms with Gasteiger partial charge in [-0.3, -0.25) is 4.79 Å². The van der Waals surface area contributed by atoms with E-state index in [4.69, 9.17) is 11.6 Å². The van der Waals surface area contributed by atoms with E-state index in [0.717, 1.165) is 19.3 Å². The average Bonchev–Trinajstić information content (AvgIpc) is 3.03. The van der Waals surface area contributed by atoms with E-state index in [0.29, 0.717) is 11.9 Å². The normalized spacial score (nSPS) is 18.8. The SMILES string of the molecule is CC(Cl)CC(C)Nc1nccn(C2CC2)c1=O. The van der Waals surface area contributed by atoms with Crippen LogP contribution in [0.5, 0.6) is 0 Å². The van der Waals surface area contributed by atoms with Crippen molar-refractivity contribution in [3.8, 4) is 0 Å². The average molecular weight is 256 g/mol. The molecule has 0 aromatic carbocycles. The van der Waals surface area contributed by atoms with Gasteiger partial charge in [0, 0.05) is 29.9 Å². The van der Waals surface area contributed by atoms with Crippen molar-refractivity contribution in [2.24, 2.45) is 0 Å². The second-order valence-electron chi connectivity index (χ2n) is 4.78. The first-order chi connectivity index (χ1) is 8.08. The number of aromatic nitrogens is 2. The maximum Gasteiger partial charge on any atom is 0.293 e. The highest BCUT2D eigenvalue weighted by Crippen LogP contribution is 2.33. The Morgan fingerprint density at radius 2 is 2.29 bits per heavy atom. The Hall–Kier alpha value is -1.03. The number of nitrogens with zero attached hydrogens (tertiary/aromatic N) is 2. The summed E-state index contributed by atoms with van der Waals surface area (Å²) in [4.78, 5) is 16.2. The van der Waals surface area contributed by atoms with Gasteiger partial charge in [-0.2, -0.15) is 0 Å². The third-order valence-electron chi connectivity index (χ3n) is 2.87. The molecule has 1 aromatic heterocycles. The molecule has 1 aliphatic rings. The topological polar surface area (TPSA) is 46.9 Å². The van der Waals surface area contributed by atoms with E-state index >= 15 is 0 Å². The first-order valence-electron chi connectivity index (χ1n) is 6.05. The molecule has 2 rings (SSSR count). The summed E-state index contributed by atoms with van der Waals surface area (Å²) in [7, 11) is 0. The van der Waals surface area contributed by atoms with Crippen molar-refractivity contribution in [3.05, 3.63) is 22.7 Å². The molecule has 1 N–H and O–H groups in total. The lowest BCUT2D eigenvalue weighted by Gasteiger charge is -2.15. The van der Waals surface area contributed by atoms with Crippen molar-refractivity contribution in [2.45, 2.75) is 50.6 Å². The molecule has 0 amide bonds. The van der Waals surface area contributed by atoms with Crippen LogP contribution in [0.3, 0.4) is 0 Å². The standard InChI is InChI=1S/C12H18ClN3O/c1-8(13)7-9(2)15-11-12(17)16(6-5-14-11)10-3-4-10/h5-6,8-10H,3-4,7H2,1-2H3,(H,14,15). The Morgan fingerprint density at radius 1 is 1.59 bits per heavy atom. The largest absolute Gasteiger partial charge is 0.363 e. The van der Waals surface area contributed by atoms with Crippen molar-refractivity contribution in [2.75, 3.05) is 5.32 Å². The van der Waals surface area contributed by atoms with Crippen LogP contribution in [0.25, 0.3) is 0 Å². The van der Waals surface area contributed by atoms with E-state index in [1.165, 1.54) is 0 Å². The minimum atomic E-state index is -0.0240. The lowest BCUT2D eigenvalue weighted by molar-refractivity contribution is 0.672. The summed E-state index contributed by atoms with van der Waals surface area (Å²) in [5.74, 6) is 0.434. The summed E-state index contributed by atoms with van der Waals surface area (Å²) in [6.07, 6.45) is 6.44. The van der Waals surface area contributed by atoms with Gasteiger partial charge in [0.05, 0.1) is 0 Å². The molecule has 0 bridgehead atoms. The monoisotopic (exact) mass is 255 g/mol. The van der Waals surface area contributed by atoms with Gasteiger partial charge in [0.25, 0.3) is 5.56 Å². The highest BCUT2D eigenvalue weighted by atomic mass is 35.5. The van der Waals surface area contributed by atoms with Crippen LogP contribution in [-0.4, -0.2) is 21.0 Å². The third-order valence-corrected chi connectivity index (χ3v) is 3.05. The van der Waals surface area contributed by atoms with E-state index in [1.54, 1.807) is 17.0 Å². The molecule has 2 unspecified atom stereocenters. The van der Waals surface area contributed by atoms with Gasteiger partial charge in [-0.15, -0.1) is 11.6 Å². The molecular formula is C12H18ClN3O. The van der Waals surface area contributed by atoms with Crippen molar-refractivity contribution >= 4 is 17.4 Å². The van der Waals surface area contributed by atoms with Crippen LogP contribution in [0.15, 0.2) is 17.2 Å². The molecule has 4 nitrogen and oxygen atoms in total. The number of anilines is 1. The van der Waals surface area contributed by atoms with Crippen molar-refractivity contribution < 1.29 is 0 Å².